The van der Waals surface area contributed by atoms with Crippen molar-refractivity contribution in [1.82, 2.24) is 0 Å². The van der Waals surface area contributed by atoms with Crippen molar-refractivity contribution in [2.75, 3.05) is 0 Å². The number of allylic oxidation sites excluding steroid dienone is 2. The van der Waals surface area contributed by atoms with Crippen LogP contribution in [0.25, 0.3) is 0 Å². The van der Waals surface area contributed by atoms with Gasteiger partial charge in [0.2, 0.25) is 0 Å². The molecule has 4 nitrogen and oxygen atoms in total. The molecule has 0 aromatic heterocycles. The summed E-state index contributed by atoms with van der Waals surface area (Å²) < 4.78 is 0. The van der Waals surface area contributed by atoms with Crippen molar-refractivity contribution in [3.63, 3.8) is 0 Å². The summed E-state index contributed by atoms with van der Waals surface area (Å²) in [4.78, 5) is 24.0. The van der Waals surface area contributed by atoms with E-state index in [1.807, 2.05) is 13.8 Å². The van der Waals surface area contributed by atoms with Crippen molar-refractivity contribution < 1.29 is 19.8 Å². The smallest absolute Gasteiger partial charge is 0.311 e. The Morgan fingerprint density at radius 2 is 1.42 bits per heavy atom. The van der Waals surface area contributed by atoms with Crippen LogP contribution in [0.2, 0.25) is 0 Å². The van der Waals surface area contributed by atoms with Crippen molar-refractivity contribution in [3.05, 3.63) is 11.1 Å². The zero-order valence-corrected chi connectivity index (χ0v) is 11.4. The van der Waals surface area contributed by atoms with Gasteiger partial charge in [0, 0.05) is 0 Å². The van der Waals surface area contributed by atoms with Crippen LogP contribution in [0.3, 0.4) is 0 Å². The van der Waals surface area contributed by atoms with Gasteiger partial charge in [-0.3, -0.25) is 9.59 Å². The topological polar surface area (TPSA) is 74.6 Å². The van der Waals surface area contributed by atoms with Crippen LogP contribution in [0.1, 0.15) is 46.0 Å². The highest BCUT2D eigenvalue weighted by Crippen LogP contribution is 2.75. The first-order valence-corrected chi connectivity index (χ1v) is 7.03. The van der Waals surface area contributed by atoms with E-state index in [0.717, 1.165) is 30.4 Å². The van der Waals surface area contributed by atoms with Gasteiger partial charge in [0.25, 0.3) is 0 Å². The summed E-state index contributed by atoms with van der Waals surface area (Å²) in [5, 5.41) is 19.6. The first-order valence-electron chi connectivity index (χ1n) is 7.03. The molecule has 0 spiro atoms. The number of rotatable bonds is 2. The van der Waals surface area contributed by atoms with Crippen LogP contribution in [0, 0.1) is 22.7 Å². The molecule has 0 aromatic rings. The number of hydrogen-bond donors (Lipinski definition) is 2. The fraction of sp³-hybridized carbons (Fsp3) is 0.733. The molecule has 0 unspecified atom stereocenters. The molecular weight excluding hydrogens is 244 g/mol. The molecule has 0 heterocycles. The van der Waals surface area contributed by atoms with Crippen LogP contribution in [0.4, 0.5) is 0 Å². The van der Waals surface area contributed by atoms with E-state index >= 15 is 0 Å². The lowest BCUT2D eigenvalue weighted by Crippen LogP contribution is -2.52. The zero-order chi connectivity index (χ0) is 14.0. The van der Waals surface area contributed by atoms with Crippen molar-refractivity contribution >= 4 is 11.9 Å². The Morgan fingerprint density at radius 3 is 1.74 bits per heavy atom. The molecule has 0 amide bonds. The highest BCUT2D eigenvalue weighted by molar-refractivity contribution is 5.91. The van der Waals surface area contributed by atoms with Crippen molar-refractivity contribution in [2.24, 2.45) is 22.7 Å². The monoisotopic (exact) mass is 264 g/mol. The van der Waals surface area contributed by atoms with E-state index in [1.54, 1.807) is 0 Å². The molecule has 3 aliphatic carbocycles. The summed E-state index contributed by atoms with van der Waals surface area (Å²) in [7, 11) is 0. The molecule has 4 atom stereocenters. The number of aliphatic carboxylic acids is 2. The van der Waals surface area contributed by atoms with Gasteiger partial charge in [-0.05, 0) is 51.4 Å². The average Bonchev–Trinajstić information content (AvgIpc) is 2.96. The molecule has 2 bridgehead atoms. The summed E-state index contributed by atoms with van der Waals surface area (Å²) in [5.74, 6) is -1.89. The Bertz CT molecular complexity index is 464. The van der Waals surface area contributed by atoms with Gasteiger partial charge in [-0.1, -0.05) is 17.6 Å². The average molecular weight is 264 g/mol. The maximum atomic E-state index is 12.0. The summed E-state index contributed by atoms with van der Waals surface area (Å²) >= 11 is 0. The third kappa shape index (κ3) is 1.12. The van der Waals surface area contributed by atoms with Crippen LogP contribution in [0.5, 0.6) is 0 Å². The lowest BCUT2D eigenvalue weighted by atomic mass is 9.57. The van der Waals surface area contributed by atoms with Gasteiger partial charge in [0.1, 0.15) is 0 Å². The molecule has 0 aliphatic heterocycles. The zero-order valence-electron chi connectivity index (χ0n) is 11.4. The van der Waals surface area contributed by atoms with Gasteiger partial charge in [-0.25, -0.2) is 0 Å². The quantitative estimate of drug-likeness (QED) is 0.752. The minimum absolute atomic E-state index is 0.0569. The van der Waals surface area contributed by atoms with Gasteiger partial charge < -0.3 is 10.2 Å². The summed E-state index contributed by atoms with van der Waals surface area (Å²) in [5.41, 5.74) is 0.176. The molecule has 3 aliphatic rings. The van der Waals surface area contributed by atoms with E-state index in [9.17, 15) is 19.8 Å². The molecule has 3 saturated carbocycles. The van der Waals surface area contributed by atoms with Gasteiger partial charge >= 0.3 is 11.9 Å². The second kappa shape index (κ2) is 3.62. The van der Waals surface area contributed by atoms with E-state index in [4.69, 9.17) is 0 Å². The maximum absolute atomic E-state index is 12.0. The van der Waals surface area contributed by atoms with Crippen LogP contribution in [-0.2, 0) is 9.59 Å². The second-order valence-corrected chi connectivity index (χ2v) is 6.54. The van der Waals surface area contributed by atoms with Gasteiger partial charge in [-0.15, -0.1) is 0 Å². The molecule has 0 saturated heterocycles. The van der Waals surface area contributed by atoms with Gasteiger partial charge in [-0.2, -0.15) is 0 Å². The minimum Gasteiger partial charge on any atom is -0.481 e. The molecule has 104 valence electrons. The van der Waals surface area contributed by atoms with Crippen molar-refractivity contribution in [3.8, 4) is 0 Å². The van der Waals surface area contributed by atoms with E-state index in [1.165, 1.54) is 0 Å². The second-order valence-electron chi connectivity index (χ2n) is 6.54. The van der Waals surface area contributed by atoms with E-state index in [-0.39, 0.29) is 11.8 Å². The first kappa shape index (κ1) is 12.7. The maximum Gasteiger partial charge on any atom is 0.311 e. The van der Waals surface area contributed by atoms with Crippen LogP contribution in [0.15, 0.2) is 11.1 Å². The molecule has 4 heteroatoms. The third-order valence-electron chi connectivity index (χ3n) is 5.96. The lowest BCUT2D eigenvalue weighted by Gasteiger charge is -2.42. The first-order chi connectivity index (χ1) is 8.89. The highest BCUT2D eigenvalue weighted by Gasteiger charge is 2.78. The third-order valence-corrected chi connectivity index (χ3v) is 5.96. The molecule has 0 radical (unpaired) electrons. The molecule has 3 rings (SSSR count). The molecule has 0 aromatic carbocycles. The Balaban J connectivity index is 2.29. The van der Waals surface area contributed by atoms with Crippen LogP contribution in [-0.4, -0.2) is 22.2 Å². The minimum atomic E-state index is -1.05. The molecular formula is C15H20O4. The molecule has 2 N–H and O–H groups in total. The fourth-order valence-electron chi connectivity index (χ4n) is 5.56. The Hall–Kier alpha value is -1.32. The predicted molar refractivity (Wildman–Crippen MR) is 68.6 cm³/mol. The Labute approximate surface area is 112 Å². The van der Waals surface area contributed by atoms with E-state index in [2.05, 4.69) is 0 Å². The SMILES string of the molecule is CC(C)=C1[C@H]2CC[C@@H]1[C@]1(C(=O)O)CCC[C@]21C(=O)O. The van der Waals surface area contributed by atoms with Crippen molar-refractivity contribution in [1.29, 1.82) is 0 Å². The summed E-state index contributed by atoms with van der Waals surface area (Å²) in [6.45, 7) is 3.99. The molecule has 19 heavy (non-hydrogen) atoms. The normalized spacial score (nSPS) is 43.4. The number of carboxylic acids is 2. The van der Waals surface area contributed by atoms with Gasteiger partial charge in [0.15, 0.2) is 0 Å². The summed E-state index contributed by atoms with van der Waals surface area (Å²) in [6, 6.07) is 0. The largest absolute Gasteiger partial charge is 0.481 e. The Morgan fingerprint density at radius 1 is 1.00 bits per heavy atom. The number of fused-ring (bicyclic) bond motifs is 5. The summed E-state index contributed by atoms with van der Waals surface area (Å²) in [6.07, 6.45) is 3.44. The number of carboxylic acid groups (broad SMARTS) is 2. The lowest BCUT2D eigenvalue weighted by molar-refractivity contribution is -0.177. The number of carbonyl (C=O) groups is 2. The van der Waals surface area contributed by atoms with Gasteiger partial charge in [0.05, 0.1) is 10.8 Å². The Kier molecular flexibility index (Phi) is 2.42. The van der Waals surface area contributed by atoms with E-state index < -0.39 is 22.8 Å². The standard InChI is InChI=1S/C15H20O4/c1-8(2)11-9-4-5-10(11)15(13(18)19)7-3-6-14(9,15)12(16)17/h9-10H,3-7H2,1-2H3,(H,16,17)(H,18,19)/t9-,10+,14-,15+. The van der Waals surface area contributed by atoms with E-state index in [0.29, 0.717) is 12.8 Å². The van der Waals surface area contributed by atoms with Crippen LogP contribution >= 0.6 is 0 Å². The molecule has 3 fully saturated rings. The fourth-order valence-corrected chi connectivity index (χ4v) is 5.56. The number of hydrogen-bond acceptors (Lipinski definition) is 2. The van der Waals surface area contributed by atoms with Crippen LogP contribution < -0.4 is 0 Å². The predicted octanol–water partition coefficient (Wildman–Crippen LogP) is 2.69. The van der Waals surface area contributed by atoms with Crippen molar-refractivity contribution in [2.45, 2.75) is 46.0 Å². The highest BCUT2D eigenvalue weighted by atomic mass is 16.4.